The van der Waals surface area contributed by atoms with Crippen LogP contribution in [0.1, 0.15) is 20.3 Å². The normalized spacial score (nSPS) is 13.2. The van der Waals surface area contributed by atoms with Gasteiger partial charge < -0.3 is 10.3 Å². The van der Waals surface area contributed by atoms with Crippen molar-refractivity contribution in [3.63, 3.8) is 0 Å². The van der Waals surface area contributed by atoms with Gasteiger partial charge in [-0.3, -0.25) is 4.98 Å². The average Bonchev–Trinajstić information content (AvgIpc) is 2.75. The smallest absolute Gasteiger partial charge is 0.201 e. The van der Waals surface area contributed by atoms with Crippen LogP contribution in [0.25, 0.3) is 21.9 Å². The van der Waals surface area contributed by atoms with Crippen LogP contribution in [0.5, 0.6) is 0 Å². The Hall–Kier alpha value is -2.10. The van der Waals surface area contributed by atoms with Crippen molar-refractivity contribution in [1.82, 2.24) is 14.5 Å². The van der Waals surface area contributed by atoms with Crippen LogP contribution in [0.15, 0.2) is 30.5 Å². The molecule has 4 nitrogen and oxygen atoms in total. The van der Waals surface area contributed by atoms with E-state index < -0.39 is 0 Å². The number of hydrogen-bond donors (Lipinski definition) is 1. The van der Waals surface area contributed by atoms with Crippen LogP contribution in [0.2, 0.25) is 0 Å². The third-order valence-corrected chi connectivity index (χ3v) is 3.70. The Morgan fingerprint density at radius 3 is 2.84 bits per heavy atom. The molecule has 0 aliphatic rings. The molecule has 0 fully saturated rings. The first-order valence-electron chi connectivity index (χ1n) is 6.70. The molecule has 1 aromatic carbocycles. The number of para-hydroxylation sites is 1. The van der Waals surface area contributed by atoms with E-state index in [2.05, 4.69) is 34.4 Å². The summed E-state index contributed by atoms with van der Waals surface area (Å²) in [5.41, 5.74) is 9.03. The summed E-state index contributed by atoms with van der Waals surface area (Å²) >= 11 is 0. The van der Waals surface area contributed by atoms with Crippen LogP contribution in [0.3, 0.4) is 0 Å². The minimum atomic E-state index is 0.576. The van der Waals surface area contributed by atoms with E-state index in [1.807, 2.05) is 18.2 Å². The van der Waals surface area contributed by atoms with Crippen molar-refractivity contribution in [3.05, 3.63) is 30.5 Å². The van der Waals surface area contributed by atoms with Crippen molar-refractivity contribution in [2.75, 3.05) is 5.73 Å². The number of fused-ring (bicyclic) bond motifs is 3. The fourth-order valence-corrected chi connectivity index (χ4v) is 2.41. The predicted octanol–water partition coefficient (Wildman–Crippen LogP) is 3.21. The first-order chi connectivity index (χ1) is 9.20. The zero-order chi connectivity index (χ0) is 13.4. The number of anilines is 1. The first-order valence-corrected chi connectivity index (χ1v) is 6.70. The van der Waals surface area contributed by atoms with E-state index in [0.717, 1.165) is 34.9 Å². The number of pyridine rings is 1. The van der Waals surface area contributed by atoms with Gasteiger partial charge in [-0.1, -0.05) is 38.5 Å². The van der Waals surface area contributed by atoms with Gasteiger partial charge in [-0.05, 0) is 12.0 Å². The summed E-state index contributed by atoms with van der Waals surface area (Å²) in [6.45, 7) is 5.32. The molecule has 0 saturated heterocycles. The number of nitrogen functional groups attached to an aromatic ring is 1. The van der Waals surface area contributed by atoms with Crippen LogP contribution in [-0.2, 0) is 6.54 Å². The fraction of sp³-hybridized carbons (Fsp3) is 0.333. The van der Waals surface area contributed by atoms with Gasteiger partial charge in [0.15, 0.2) is 0 Å². The van der Waals surface area contributed by atoms with Crippen LogP contribution >= 0.6 is 0 Å². The molecule has 4 heteroatoms. The lowest BCUT2D eigenvalue weighted by Gasteiger charge is -2.12. The second-order valence-corrected chi connectivity index (χ2v) is 5.10. The molecule has 0 saturated carbocycles. The number of nitrogens with zero attached hydrogens (tertiary/aromatic N) is 3. The summed E-state index contributed by atoms with van der Waals surface area (Å²) in [4.78, 5) is 8.86. The quantitative estimate of drug-likeness (QED) is 0.780. The van der Waals surface area contributed by atoms with Crippen molar-refractivity contribution in [1.29, 1.82) is 0 Å². The van der Waals surface area contributed by atoms with Crippen LogP contribution in [0, 0.1) is 5.92 Å². The Labute approximate surface area is 112 Å². The molecular weight excluding hydrogens is 236 g/mol. The molecule has 3 aromatic rings. The van der Waals surface area contributed by atoms with E-state index in [1.54, 1.807) is 6.20 Å². The summed E-state index contributed by atoms with van der Waals surface area (Å²) < 4.78 is 2.12. The second-order valence-electron chi connectivity index (χ2n) is 5.10. The average molecular weight is 254 g/mol. The van der Waals surface area contributed by atoms with E-state index in [1.165, 1.54) is 0 Å². The highest BCUT2D eigenvalue weighted by atomic mass is 15.2. The van der Waals surface area contributed by atoms with Crippen molar-refractivity contribution in [3.8, 4) is 0 Å². The van der Waals surface area contributed by atoms with Crippen LogP contribution < -0.4 is 5.73 Å². The van der Waals surface area contributed by atoms with Gasteiger partial charge >= 0.3 is 0 Å². The Bertz CT molecular complexity index is 729. The monoisotopic (exact) mass is 254 g/mol. The maximum atomic E-state index is 6.07. The molecule has 19 heavy (non-hydrogen) atoms. The number of imidazole rings is 1. The molecule has 0 aliphatic carbocycles. The highest BCUT2D eigenvalue weighted by molar-refractivity contribution is 6.02. The van der Waals surface area contributed by atoms with Gasteiger partial charge in [-0.2, -0.15) is 0 Å². The minimum absolute atomic E-state index is 0.576. The molecule has 0 amide bonds. The molecule has 2 aromatic heterocycles. The Morgan fingerprint density at radius 1 is 1.26 bits per heavy atom. The Morgan fingerprint density at radius 2 is 2.05 bits per heavy atom. The Balaban J connectivity index is 2.30. The van der Waals surface area contributed by atoms with Crippen LogP contribution in [0.4, 0.5) is 5.95 Å². The third kappa shape index (κ3) is 1.93. The van der Waals surface area contributed by atoms with Crippen molar-refractivity contribution in [2.24, 2.45) is 5.92 Å². The summed E-state index contributed by atoms with van der Waals surface area (Å²) in [6, 6.07) is 8.13. The first kappa shape index (κ1) is 12.0. The van der Waals surface area contributed by atoms with E-state index >= 15 is 0 Å². The lowest BCUT2D eigenvalue weighted by atomic mass is 10.1. The van der Waals surface area contributed by atoms with Gasteiger partial charge in [0.05, 0.1) is 17.2 Å². The zero-order valence-electron chi connectivity index (χ0n) is 11.3. The number of nitrogens with two attached hydrogens (primary N) is 1. The van der Waals surface area contributed by atoms with Crippen molar-refractivity contribution in [2.45, 2.75) is 26.8 Å². The third-order valence-electron chi connectivity index (χ3n) is 3.70. The summed E-state index contributed by atoms with van der Waals surface area (Å²) in [5, 5.41) is 1.12. The van der Waals surface area contributed by atoms with Gasteiger partial charge in [0.2, 0.25) is 5.95 Å². The van der Waals surface area contributed by atoms with E-state index in [-0.39, 0.29) is 0 Å². The second kappa shape index (κ2) is 4.53. The molecule has 1 unspecified atom stereocenters. The van der Waals surface area contributed by atoms with E-state index in [0.29, 0.717) is 11.9 Å². The maximum Gasteiger partial charge on any atom is 0.201 e. The highest BCUT2D eigenvalue weighted by Gasteiger charge is 2.13. The Kier molecular flexibility index (Phi) is 2.85. The molecule has 0 bridgehead atoms. The van der Waals surface area contributed by atoms with Gasteiger partial charge in [0, 0.05) is 11.9 Å². The topological polar surface area (TPSA) is 56.7 Å². The molecule has 2 heterocycles. The highest BCUT2D eigenvalue weighted by Crippen LogP contribution is 2.26. The number of aromatic nitrogens is 3. The lowest BCUT2D eigenvalue weighted by Crippen LogP contribution is -2.09. The lowest BCUT2D eigenvalue weighted by molar-refractivity contribution is 0.480. The summed E-state index contributed by atoms with van der Waals surface area (Å²) in [7, 11) is 0. The largest absolute Gasteiger partial charge is 0.369 e. The van der Waals surface area contributed by atoms with Gasteiger partial charge in [0.25, 0.3) is 0 Å². The molecule has 98 valence electrons. The molecule has 0 radical (unpaired) electrons. The SMILES string of the molecule is CCC(C)Cn1c(N)nc2cnc3ccccc3c21. The summed E-state index contributed by atoms with van der Waals surface area (Å²) in [5.74, 6) is 1.15. The van der Waals surface area contributed by atoms with E-state index in [4.69, 9.17) is 5.73 Å². The summed E-state index contributed by atoms with van der Waals surface area (Å²) in [6.07, 6.45) is 2.93. The number of hydrogen-bond acceptors (Lipinski definition) is 3. The van der Waals surface area contributed by atoms with Gasteiger partial charge in [0.1, 0.15) is 5.52 Å². The van der Waals surface area contributed by atoms with Crippen LogP contribution in [-0.4, -0.2) is 14.5 Å². The van der Waals surface area contributed by atoms with E-state index in [9.17, 15) is 0 Å². The van der Waals surface area contributed by atoms with Crippen molar-refractivity contribution < 1.29 is 0 Å². The molecule has 0 spiro atoms. The fourth-order valence-electron chi connectivity index (χ4n) is 2.41. The molecule has 2 N–H and O–H groups in total. The van der Waals surface area contributed by atoms with Gasteiger partial charge in [-0.15, -0.1) is 0 Å². The number of benzene rings is 1. The minimum Gasteiger partial charge on any atom is -0.369 e. The van der Waals surface area contributed by atoms with Crippen molar-refractivity contribution >= 4 is 27.9 Å². The molecule has 1 atom stereocenters. The van der Waals surface area contributed by atoms with Gasteiger partial charge in [-0.25, -0.2) is 4.98 Å². The predicted molar refractivity (Wildman–Crippen MR) is 78.9 cm³/mol. The molecule has 0 aliphatic heterocycles. The molecule has 3 rings (SSSR count). The maximum absolute atomic E-state index is 6.07. The standard InChI is InChI=1S/C15H18N4/c1-3-10(2)9-19-14-11-6-4-5-7-12(11)17-8-13(14)18-15(19)16/h4-8,10H,3,9H2,1-2H3,(H2,16,18). The number of rotatable bonds is 3. The zero-order valence-corrected chi connectivity index (χ0v) is 11.3. The molecular formula is C15H18N4.